The first kappa shape index (κ1) is 12.8. The fraction of sp³-hybridized carbons (Fsp3) is 1.00. The lowest BCUT2D eigenvalue weighted by Crippen LogP contribution is -2.40. The molecule has 0 aromatic heterocycles. The molecule has 80 valence electrons. The maximum atomic E-state index is 5.46. The van der Waals surface area contributed by atoms with E-state index in [4.69, 9.17) is 15.2 Å². The molecular formula is C9H22N2O2. The second-order valence-electron chi connectivity index (χ2n) is 2.89. The monoisotopic (exact) mass is 190 g/mol. The minimum atomic E-state index is -0.149. The van der Waals surface area contributed by atoms with Gasteiger partial charge in [-0.15, -0.1) is 0 Å². The van der Waals surface area contributed by atoms with Crippen molar-refractivity contribution in [3.8, 4) is 0 Å². The van der Waals surface area contributed by atoms with E-state index in [9.17, 15) is 0 Å². The van der Waals surface area contributed by atoms with Crippen LogP contribution in [0.1, 0.15) is 20.8 Å². The highest BCUT2D eigenvalue weighted by atomic mass is 16.7. The Labute approximate surface area is 80.8 Å². The fourth-order valence-corrected chi connectivity index (χ4v) is 0.918. The van der Waals surface area contributed by atoms with E-state index in [1.54, 1.807) is 0 Å². The molecule has 0 fully saturated rings. The first-order valence-electron chi connectivity index (χ1n) is 4.91. The Bertz CT molecular complexity index is 106. The quantitative estimate of drug-likeness (QED) is 0.541. The standard InChI is InChI=1S/C9H22N2O2/c1-4-12-9(13-5-2)7-11-8(3)6-10/h8-9,11H,4-7,10H2,1-3H3. The van der Waals surface area contributed by atoms with Gasteiger partial charge in [0, 0.05) is 32.3 Å². The number of nitrogens with two attached hydrogens (primary N) is 1. The van der Waals surface area contributed by atoms with E-state index in [1.807, 2.05) is 20.8 Å². The van der Waals surface area contributed by atoms with Crippen LogP contribution in [0.15, 0.2) is 0 Å². The number of rotatable bonds is 8. The molecule has 0 heterocycles. The van der Waals surface area contributed by atoms with Crippen molar-refractivity contribution in [3.63, 3.8) is 0 Å². The topological polar surface area (TPSA) is 56.5 Å². The zero-order chi connectivity index (χ0) is 10.1. The fourth-order valence-electron chi connectivity index (χ4n) is 0.918. The molecule has 3 N–H and O–H groups in total. The first-order valence-corrected chi connectivity index (χ1v) is 4.91. The van der Waals surface area contributed by atoms with Crippen molar-refractivity contribution in [2.24, 2.45) is 5.73 Å². The first-order chi connectivity index (χ1) is 6.24. The van der Waals surface area contributed by atoms with Crippen LogP contribution in [0.2, 0.25) is 0 Å². The van der Waals surface area contributed by atoms with Gasteiger partial charge in [-0.05, 0) is 20.8 Å². The molecule has 4 nitrogen and oxygen atoms in total. The van der Waals surface area contributed by atoms with E-state index in [-0.39, 0.29) is 6.29 Å². The molecule has 0 saturated heterocycles. The summed E-state index contributed by atoms with van der Waals surface area (Å²) in [6.45, 7) is 8.61. The minimum Gasteiger partial charge on any atom is -0.352 e. The molecule has 0 aliphatic rings. The Hall–Kier alpha value is -0.160. The van der Waals surface area contributed by atoms with Gasteiger partial charge in [-0.25, -0.2) is 0 Å². The van der Waals surface area contributed by atoms with Gasteiger partial charge in [0.25, 0.3) is 0 Å². The van der Waals surface area contributed by atoms with Crippen molar-refractivity contribution in [3.05, 3.63) is 0 Å². The third-order valence-corrected chi connectivity index (χ3v) is 1.69. The SMILES string of the molecule is CCOC(CNC(C)CN)OCC. The smallest absolute Gasteiger partial charge is 0.169 e. The second-order valence-corrected chi connectivity index (χ2v) is 2.89. The zero-order valence-electron chi connectivity index (χ0n) is 8.88. The Morgan fingerprint density at radius 2 is 1.77 bits per heavy atom. The zero-order valence-corrected chi connectivity index (χ0v) is 8.88. The number of nitrogens with one attached hydrogen (secondary N) is 1. The predicted octanol–water partition coefficient (Wildman–Crippen LogP) is 0.322. The second kappa shape index (κ2) is 8.44. The van der Waals surface area contributed by atoms with Crippen molar-refractivity contribution >= 4 is 0 Å². The van der Waals surface area contributed by atoms with E-state index >= 15 is 0 Å². The highest BCUT2D eigenvalue weighted by Gasteiger charge is 2.08. The van der Waals surface area contributed by atoms with Gasteiger partial charge in [0.1, 0.15) is 0 Å². The lowest BCUT2D eigenvalue weighted by molar-refractivity contribution is -0.133. The molecule has 1 unspecified atom stereocenters. The molecule has 13 heavy (non-hydrogen) atoms. The largest absolute Gasteiger partial charge is 0.352 e. The molecule has 0 spiro atoms. The molecule has 4 heteroatoms. The average molecular weight is 190 g/mol. The van der Waals surface area contributed by atoms with Gasteiger partial charge >= 0.3 is 0 Å². The Morgan fingerprint density at radius 3 is 2.15 bits per heavy atom. The predicted molar refractivity (Wildman–Crippen MR) is 53.6 cm³/mol. The van der Waals surface area contributed by atoms with Crippen LogP contribution in [0.25, 0.3) is 0 Å². The number of ether oxygens (including phenoxy) is 2. The van der Waals surface area contributed by atoms with Crippen molar-refractivity contribution in [1.82, 2.24) is 5.32 Å². The Kier molecular flexibility index (Phi) is 8.33. The Balaban J connectivity index is 3.55. The molecule has 0 saturated carbocycles. The van der Waals surface area contributed by atoms with Gasteiger partial charge in [0.05, 0.1) is 0 Å². The Morgan fingerprint density at radius 1 is 1.23 bits per heavy atom. The van der Waals surface area contributed by atoms with Crippen LogP contribution in [0.5, 0.6) is 0 Å². The normalized spacial score (nSPS) is 13.6. The van der Waals surface area contributed by atoms with Crippen LogP contribution < -0.4 is 11.1 Å². The van der Waals surface area contributed by atoms with Crippen molar-refractivity contribution in [2.45, 2.75) is 33.1 Å². The summed E-state index contributed by atoms with van der Waals surface area (Å²) in [5.74, 6) is 0. The molecule has 0 aromatic rings. The van der Waals surface area contributed by atoms with Gasteiger partial charge in [-0.3, -0.25) is 0 Å². The maximum absolute atomic E-state index is 5.46. The van der Waals surface area contributed by atoms with Gasteiger partial charge in [-0.1, -0.05) is 0 Å². The van der Waals surface area contributed by atoms with Crippen LogP contribution in [0, 0.1) is 0 Å². The van der Waals surface area contributed by atoms with Crippen LogP contribution in [0.4, 0.5) is 0 Å². The molecular weight excluding hydrogens is 168 g/mol. The molecule has 1 atom stereocenters. The number of hydrogen-bond donors (Lipinski definition) is 2. The molecule has 0 aliphatic heterocycles. The third kappa shape index (κ3) is 6.95. The molecule has 0 rings (SSSR count). The van der Waals surface area contributed by atoms with Crippen LogP contribution >= 0.6 is 0 Å². The van der Waals surface area contributed by atoms with Crippen molar-refractivity contribution in [1.29, 1.82) is 0 Å². The van der Waals surface area contributed by atoms with Gasteiger partial charge in [0.2, 0.25) is 0 Å². The molecule has 0 amide bonds. The minimum absolute atomic E-state index is 0.149. The third-order valence-electron chi connectivity index (χ3n) is 1.69. The lowest BCUT2D eigenvalue weighted by Gasteiger charge is -2.19. The summed E-state index contributed by atoms with van der Waals surface area (Å²) >= 11 is 0. The van der Waals surface area contributed by atoms with Gasteiger partial charge in [-0.2, -0.15) is 0 Å². The lowest BCUT2D eigenvalue weighted by atomic mass is 10.3. The summed E-state index contributed by atoms with van der Waals surface area (Å²) in [5, 5.41) is 3.23. The van der Waals surface area contributed by atoms with Gasteiger partial charge in [0.15, 0.2) is 6.29 Å². The van der Waals surface area contributed by atoms with Gasteiger partial charge < -0.3 is 20.5 Å². The van der Waals surface area contributed by atoms with Crippen molar-refractivity contribution in [2.75, 3.05) is 26.3 Å². The van der Waals surface area contributed by atoms with E-state index in [0.717, 1.165) is 0 Å². The molecule has 0 aliphatic carbocycles. The molecule has 0 bridgehead atoms. The van der Waals surface area contributed by atoms with Crippen LogP contribution in [-0.4, -0.2) is 38.6 Å². The average Bonchev–Trinajstić information content (AvgIpc) is 2.14. The van der Waals surface area contributed by atoms with Crippen LogP contribution in [0.3, 0.4) is 0 Å². The van der Waals surface area contributed by atoms with E-state index in [1.165, 1.54) is 0 Å². The number of hydrogen-bond acceptors (Lipinski definition) is 4. The molecule has 0 radical (unpaired) electrons. The van der Waals surface area contributed by atoms with E-state index in [2.05, 4.69) is 5.32 Å². The highest BCUT2D eigenvalue weighted by molar-refractivity contribution is 4.61. The van der Waals surface area contributed by atoms with Crippen molar-refractivity contribution < 1.29 is 9.47 Å². The summed E-state index contributed by atoms with van der Waals surface area (Å²) in [6.07, 6.45) is -0.149. The molecule has 0 aromatic carbocycles. The maximum Gasteiger partial charge on any atom is 0.169 e. The summed E-state index contributed by atoms with van der Waals surface area (Å²) in [4.78, 5) is 0. The summed E-state index contributed by atoms with van der Waals surface area (Å²) in [7, 11) is 0. The van der Waals surface area contributed by atoms with E-state index in [0.29, 0.717) is 32.3 Å². The highest BCUT2D eigenvalue weighted by Crippen LogP contribution is 1.93. The summed E-state index contributed by atoms with van der Waals surface area (Å²) in [6, 6.07) is 0.309. The van der Waals surface area contributed by atoms with E-state index < -0.39 is 0 Å². The summed E-state index contributed by atoms with van der Waals surface area (Å²) < 4.78 is 10.7. The van der Waals surface area contributed by atoms with Crippen LogP contribution in [-0.2, 0) is 9.47 Å². The summed E-state index contributed by atoms with van der Waals surface area (Å²) in [5.41, 5.74) is 5.46.